The number of aromatic nitrogens is 1. The van der Waals surface area contributed by atoms with Crippen LogP contribution in [0.2, 0.25) is 5.02 Å². The Hall–Kier alpha value is -1.96. The van der Waals surface area contributed by atoms with E-state index in [9.17, 15) is 14.7 Å². The van der Waals surface area contributed by atoms with E-state index in [0.717, 1.165) is 10.6 Å². The van der Waals surface area contributed by atoms with Gasteiger partial charge in [-0.05, 0) is 12.1 Å². The molecule has 24 heavy (non-hydrogen) atoms. The van der Waals surface area contributed by atoms with Crippen LogP contribution in [0.3, 0.4) is 0 Å². The van der Waals surface area contributed by atoms with E-state index in [1.807, 2.05) is 17.5 Å². The average molecular weight is 367 g/mol. The molecular weight excluding hydrogens is 352 g/mol. The van der Waals surface area contributed by atoms with Crippen LogP contribution >= 0.6 is 22.9 Å². The summed E-state index contributed by atoms with van der Waals surface area (Å²) in [5, 5.41) is 12.5. The number of carboxylic acids is 1. The molecule has 6 nitrogen and oxygen atoms in total. The van der Waals surface area contributed by atoms with Gasteiger partial charge in [0.2, 0.25) is 5.91 Å². The maximum Gasteiger partial charge on any atom is 0.328 e. The number of rotatable bonds is 4. The smallest absolute Gasteiger partial charge is 0.328 e. The third-order valence-electron chi connectivity index (χ3n) is 3.71. The molecule has 2 aromatic rings. The van der Waals surface area contributed by atoms with Gasteiger partial charge in [0.25, 0.3) is 0 Å². The lowest BCUT2D eigenvalue weighted by atomic mass is 10.2. The molecule has 0 saturated carbocycles. The first-order chi connectivity index (χ1) is 11.5. The van der Waals surface area contributed by atoms with Gasteiger partial charge >= 0.3 is 5.97 Å². The van der Waals surface area contributed by atoms with Gasteiger partial charge in [-0.25, -0.2) is 9.78 Å². The zero-order chi connectivity index (χ0) is 17.1. The third-order valence-corrected chi connectivity index (χ3v) is 4.90. The predicted octanol–water partition coefficient (Wildman–Crippen LogP) is 2.32. The molecule has 1 aliphatic rings. The Labute approximate surface area is 147 Å². The highest BCUT2D eigenvalue weighted by atomic mass is 35.5. The first kappa shape index (κ1) is 16.9. The number of hydrogen-bond acceptors (Lipinski definition) is 5. The van der Waals surface area contributed by atoms with Crippen molar-refractivity contribution in [1.82, 2.24) is 9.88 Å². The van der Waals surface area contributed by atoms with E-state index in [4.69, 9.17) is 16.3 Å². The summed E-state index contributed by atoms with van der Waals surface area (Å²) in [6, 6.07) is 6.38. The van der Waals surface area contributed by atoms with Gasteiger partial charge in [0.05, 0.1) is 25.3 Å². The molecule has 1 fully saturated rings. The molecule has 1 aromatic carbocycles. The number of morpholine rings is 1. The van der Waals surface area contributed by atoms with Crippen LogP contribution in [0.15, 0.2) is 29.6 Å². The van der Waals surface area contributed by atoms with Crippen molar-refractivity contribution in [1.29, 1.82) is 0 Å². The number of amides is 1. The summed E-state index contributed by atoms with van der Waals surface area (Å²) in [6.45, 7) is 0.654. The molecular formula is C16H15ClN2O4S. The zero-order valence-corrected chi connectivity index (χ0v) is 14.2. The van der Waals surface area contributed by atoms with Crippen LogP contribution in [-0.2, 0) is 20.7 Å². The van der Waals surface area contributed by atoms with Gasteiger partial charge in [0.15, 0.2) is 6.04 Å². The van der Waals surface area contributed by atoms with Gasteiger partial charge < -0.3 is 14.7 Å². The zero-order valence-electron chi connectivity index (χ0n) is 12.6. The van der Waals surface area contributed by atoms with Gasteiger partial charge in [-0.1, -0.05) is 23.7 Å². The number of thiazole rings is 1. The van der Waals surface area contributed by atoms with Crippen molar-refractivity contribution >= 4 is 34.8 Å². The number of aliphatic carboxylic acids is 1. The number of carboxylic acid groups (broad SMARTS) is 1. The van der Waals surface area contributed by atoms with Crippen molar-refractivity contribution in [3.8, 4) is 10.6 Å². The second-order valence-electron chi connectivity index (χ2n) is 5.34. The fourth-order valence-corrected chi connectivity index (χ4v) is 3.43. The molecule has 1 atom stereocenters. The molecule has 0 bridgehead atoms. The van der Waals surface area contributed by atoms with Crippen LogP contribution < -0.4 is 0 Å². The Morgan fingerprint density at radius 1 is 1.38 bits per heavy atom. The number of carbonyl (C=O) groups excluding carboxylic acids is 1. The van der Waals surface area contributed by atoms with Gasteiger partial charge in [-0.2, -0.15) is 0 Å². The number of hydrogen-bond donors (Lipinski definition) is 1. The maximum atomic E-state index is 12.4. The minimum atomic E-state index is -1.05. The first-order valence-corrected chi connectivity index (χ1v) is 8.60. The molecule has 8 heteroatoms. The number of ether oxygens (including phenoxy) is 1. The maximum absolute atomic E-state index is 12.4. The van der Waals surface area contributed by atoms with Crippen LogP contribution in [0, 0.1) is 0 Å². The van der Waals surface area contributed by atoms with Crippen molar-refractivity contribution in [3.63, 3.8) is 0 Å². The number of nitrogens with zero attached hydrogens (tertiary/aromatic N) is 2. The Kier molecular flexibility index (Phi) is 5.13. The second-order valence-corrected chi connectivity index (χ2v) is 6.64. The highest BCUT2D eigenvalue weighted by Gasteiger charge is 2.32. The first-order valence-electron chi connectivity index (χ1n) is 7.35. The van der Waals surface area contributed by atoms with Crippen LogP contribution in [0.1, 0.15) is 5.69 Å². The van der Waals surface area contributed by atoms with Crippen molar-refractivity contribution in [2.45, 2.75) is 12.5 Å². The Morgan fingerprint density at radius 3 is 2.83 bits per heavy atom. The lowest BCUT2D eigenvalue weighted by Crippen LogP contribution is -2.53. The normalized spacial score (nSPS) is 17.7. The summed E-state index contributed by atoms with van der Waals surface area (Å²) in [7, 11) is 0. The molecule has 1 unspecified atom stereocenters. The monoisotopic (exact) mass is 366 g/mol. The molecule has 0 aliphatic carbocycles. The summed E-state index contributed by atoms with van der Waals surface area (Å²) < 4.78 is 5.15. The van der Waals surface area contributed by atoms with E-state index in [0.29, 0.717) is 17.3 Å². The Bertz CT molecular complexity index is 747. The SMILES string of the molecule is O=C(O)C1COCCN1C(=O)Cc1csc(-c2ccc(Cl)cc2)n1. The lowest BCUT2D eigenvalue weighted by molar-refractivity contribution is -0.158. The van der Waals surface area contributed by atoms with E-state index in [1.165, 1.54) is 16.2 Å². The van der Waals surface area contributed by atoms with E-state index < -0.39 is 12.0 Å². The average Bonchev–Trinajstić information content (AvgIpc) is 3.04. The highest BCUT2D eigenvalue weighted by molar-refractivity contribution is 7.13. The quantitative estimate of drug-likeness (QED) is 0.898. The number of halogens is 1. The molecule has 1 amide bonds. The molecule has 1 N–H and O–H groups in total. The molecule has 3 rings (SSSR count). The summed E-state index contributed by atoms with van der Waals surface area (Å²) in [5.74, 6) is -1.30. The van der Waals surface area contributed by atoms with Crippen molar-refractivity contribution in [2.24, 2.45) is 0 Å². The van der Waals surface area contributed by atoms with E-state index in [-0.39, 0.29) is 25.5 Å². The van der Waals surface area contributed by atoms with Crippen molar-refractivity contribution < 1.29 is 19.4 Å². The summed E-state index contributed by atoms with van der Waals surface area (Å²) in [5.41, 5.74) is 1.56. The second kappa shape index (κ2) is 7.29. The van der Waals surface area contributed by atoms with E-state index in [2.05, 4.69) is 4.98 Å². The van der Waals surface area contributed by atoms with Crippen LogP contribution in [0.4, 0.5) is 0 Å². The Morgan fingerprint density at radius 2 is 2.12 bits per heavy atom. The molecule has 0 spiro atoms. The predicted molar refractivity (Wildman–Crippen MR) is 90.2 cm³/mol. The summed E-state index contributed by atoms with van der Waals surface area (Å²) in [4.78, 5) is 29.5. The van der Waals surface area contributed by atoms with E-state index >= 15 is 0 Å². The third kappa shape index (κ3) is 3.75. The summed E-state index contributed by atoms with van der Waals surface area (Å²) >= 11 is 7.31. The molecule has 1 aliphatic heterocycles. The molecule has 1 aromatic heterocycles. The minimum Gasteiger partial charge on any atom is -0.480 e. The fraction of sp³-hybridized carbons (Fsp3) is 0.312. The molecule has 2 heterocycles. The molecule has 0 radical (unpaired) electrons. The Balaban J connectivity index is 1.70. The lowest BCUT2D eigenvalue weighted by Gasteiger charge is -2.32. The fourth-order valence-electron chi connectivity index (χ4n) is 2.48. The highest BCUT2D eigenvalue weighted by Crippen LogP contribution is 2.25. The topological polar surface area (TPSA) is 79.7 Å². The van der Waals surface area contributed by atoms with Gasteiger partial charge in [0, 0.05) is 22.5 Å². The van der Waals surface area contributed by atoms with Crippen LogP contribution in [0.25, 0.3) is 10.6 Å². The standard InChI is InChI=1S/C16H15ClN2O4S/c17-11-3-1-10(2-4-11)15-18-12(9-24-15)7-14(20)19-5-6-23-8-13(19)16(21)22/h1-4,9,13H,5-8H2,(H,21,22). The van der Waals surface area contributed by atoms with E-state index in [1.54, 1.807) is 12.1 Å². The minimum absolute atomic E-state index is 0.0220. The molecule has 126 valence electrons. The van der Waals surface area contributed by atoms with Gasteiger partial charge in [-0.15, -0.1) is 11.3 Å². The summed E-state index contributed by atoms with van der Waals surface area (Å²) in [6.07, 6.45) is 0.0773. The van der Waals surface area contributed by atoms with Crippen molar-refractivity contribution in [2.75, 3.05) is 19.8 Å². The largest absolute Gasteiger partial charge is 0.480 e. The van der Waals surface area contributed by atoms with Crippen LogP contribution in [-0.4, -0.2) is 52.7 Å². The van der Waals surface area contributed by atoms with Crippen molar-refractivity contribution in [3.05, 3.63) is 40.4 Å². The number of carbonyl (C=O) groups is 2. The van der Waals surface area contributed by atoms with Gasteiger partial charge in [0.1, 0.15) is 5.01 Å². The molecule has 1 saturated heterocycles. The number of benzene rings is 1. The van der Waals surface area contributed by atoms with Gasteiger partial charge in [-0.3, -0.25) is 4.79 Å². The van der Waals surface area contributed by atoms with Crippen LogP contribution in [0.5, 0.6) is 0 Å².